The van der Waals surface area contributed by atoms with E-state index in [4.69, 9.17) is 9.47 Å². The minimum atomic E-state index is -0.896. The van der Waals surface area contributed by atoms with Gasteiger partial charge in [0, 0.05) is 12.1 Å². The number of phenols is 1. The summed E-state index contributed by atoms with van der Waals surface area (Å²) in [7, 11) is 0. The highest BCUT2D eigenvalue weighted by molar-refractivity contribution is 6.46. The number of hydrogen-bond donors (Lipinski definition) is 2. The number of aromatic hydroxyl groups is 1. The van der Waals surface area contributed by atoms with Crippen LogP contribution in [-0.4, -0.2) is 46.0 Å². The van der Waals surface area contributed by atoms with E-state index in [9.17, 15) is 24.6 Å². The van der Waals surface area contributed by atoms with Crippen molar-refractivity contribution in [1.82, 2.24) is 4.90 Å². The van der Waals surface area contributed by atoms with E-state index >= 15 is 0 Å². The van der Waals surface area contributed by atoms with Crippen LogP contribution in [0, 0.1) is 5.92 Å². The van der Waals surface area contributed by atoms with Crippen molar-refractivity contribution in [3.8, 4) is 11.5 Å². The zero-order valence-electron chi connectivity index (χ0n) is 22.1. The van der Waals surface area contributed by atoms with Crippen molar-refractivity contribution in [2.75, 3.05) is 13.2 Å². The summed E-state index contributed by atoms with van der Waals surface area (Å²) < 4.78 is 10.7. The van der Waals surface area contributed by atoms with E-state index in [0.717, 1.165) is 0 Å². The Bertz CT molecular complexity index is 1370. The van der Waals surface area contributed by atoms with Gasteiger partial charge in [-0.15, -0.1) is 0 Å². The Kier molecular flexibility index (Phi) is 8.34. The number of carbonyl (C=O) groups is 3. The Morgan fingerprint density at radius 2 is 1.54 bits per heavy atom. The highest BCUT2D eigenvalue weighted by Crippen LogP contribution is 2.40. The molecule has 8 heteroatoms. The number of aliphatic hydroxyl groups excluding tert-OH is 1. The van der Waals surface area contributed by atoms with Crippen molar-refractivity contribution in [3.63, 3.8) is 0 Å². The first kappa shape index (κ1) is 27.4. The highest BCUT2D eigenvalue weighted by Gasteiger charge is 2.46. The van der Waals surface area contributed by atoms with E-state index in [2.05, 4.69) is 0 Å². The molecule has 202 valence electrons. The molecule has 1 fully saturated rings. The molecule has 0 bridgehead atoms. The summed E-state index contributed by atoms with van der Waals surface area (Å²) in [6, 6.07) is 18.5. The van der Waals surface area contributed by atoms with Crippen LogP contribution in [0.25, 0.3) is 5.76 Å². The Morgan fingerprint density at radius 1 is 0.923 bits per heavy atom. The predicted octanol–water partition coefficient (Wildman–Crippen LogP) is 5.23. The monoisotopic (exact) mass is 529 g/mol. The van der Waals surface area contributed by atoms with Gasteiger partial charge in [0.05, 0.1) is 30.4 Å². The number of amides is 1. The van der Waals surface area contributed by atoms with Gasteiger partial charge in [-0.05, 0) is 72.5 Å². The number of aliphatic hydroxyl groups is 1. The minimum absolute atomic E-state index is 0.0299. The minimum Gasteiger partial charge on any atom is -0.508 e. The fraction of sp³-hybridized carbons (Fsp3) is 0.258. The second-order valence-electron chi connectivity index (χ2n) is 9.67. The molecule has 0 aromatic heterocycles. The van der Waals surface area contributed by atoms with Gasteiger partial charge in [-0.25, -0.2) is 4.79 Å². The molecule has 3 aromatic rings. The lowest BCUT2D eigenvalue weighted by atomic mass is 9.95. The zero-order chi connectivity index (χ0) is 28.1. The number of carbonyl (C=O) groups excluding carboxylic acids is 3. The first-order valence-corrected chi connectivity index (χ1v) is 12.8. The first-order valence-electron chi connectivity index (χ1n) is 12.8. The topological polar surface area (TPSA) is 113 Å². The molecule has 1 saturated heterocycles. The maximum absolute atomic E-state index is 13.3. The standard InChI is InChI=1S/C31H31NO7/c1-4-38-31(37)23-7-5-20(6-8-23)17-32-27(21-9-13-24(33)14-10-21)26(29(35)30(32)36)28(34)22-11-15-25(16-12-22)39-18-19(2)3/h5-16,19,27,33-34H,4,17-18H2,1-3H3/b28-26+. The normalized spacial score (nSPS) is 16.5. The third kappa shape index (κ3) is 6.12. The Balaban J connectivity index is 1.70. The van der Waals surface area contributed by atoms with Crippen molar-refractivity contribution in [2.45, 2.75) is 33.4 Å². The average Bonchev–Trinajstić information content (AvgIpc) is 3.17. The largest absolute Gasteiger partial charge is 0.508 e. The molecular weight excluding hydrogens is 498 g/mol. The summed E-state index contributed by atoms with van der Waals surface area (Å²) >= 11 is 0. The quantitative estimate of drug-likeness (QED) is 0.169. The molecule has 1 unspecified atom stereocenters. The van der Waals surface area contributed by atoms with Gasteiger partial charge in [0.2, 0.25) is 0 Å². The number of likely N-dealkylation sites (tertiary alicyclic amines) is 1. The van der Waals surface area contributed by atoms with Gasteiger partial charge in [-0.1, -0.05) is 38.1 Å². The molecule has 1 heterocycles. The van der Waals surface area contributed by atoms with Gasteiger partial charge in [0.25, 0.3) is 11.7 Å². The molecule has 1 aliphatic heterocycles. The fourth-order valence-electron chi connectivity index (χ4n) is 4.33. The lowest BCUT2D eigenvalue weighted by Crippen LogP contribution is -2.29. The third-order valence-corrected chi connectivity index (χ3v) is 6.28. The Hall–Kier alpha value is -4.59. The predicted molar refractivity (Wildman–Crippen MR) is 145 cm³/mol. The molecule has 0 saturated carbocycles. The molecule has 4 rings (SSSR count). The zero-order valence-corrected chi connectivity index (χ0v) is 22.1. The third-order valence-electron chi connectivity index (χ3n) is 6.28. The number of hydrogen-bond acceptors (Lipinski definition) is 7. The van der Waals surface area contributed by atoms with Crippen LogP contribution in [-0.2, 0) is 20.9 Å². The number of nitrogens with zero attached hydrogens (tertiary/aromatic N) is 1. The summed E-state index contributed by atoms with van der Waals surface area (Å²) in [5.74, 6) is -1.32. The van der Waals surface area contributed by atoms with Crippen molar-refractivity contribution in [3.05, 3.63) is 101 Å². The molecule has 1 amide bonds. The van der Waals surface area contributed by atoms with Gasteiger partial charge in [-0.2, -0.15) is 0 Å². The number of phenolic OH excluding ortho intramolecular Hbond substituents is 1. The average molecular weight is 530 g/mol. The number of esters is 1. The summed E-state index contributed by atoms with van der Waals surface area (Å²) in [5.41, 5.74) is 1.92. The van der Waals surface area contributed by atoms with E-state index in [1.54, 1.807) is 67.6 Å². The van der Waals surface area contributed by atoms with E-state index in [1.165, 1.54) is 17.0 Å². The number of ether oxygens (including phenoxy) is 2. The highest BCUT2D eigenvalue weighted by atomic mass is 16.5. The lowest BCUT2D eigenvalue weighted by molar-refractivity contribution is -0.140. The number of benzene rings is 3. The van der Waals surface area contributed by atoms with E-state index < -0.39 is 23.7 Å². The van der Waals surface area contributed by atoms with Crippen LogP contribution in [0.1, 0.15) is 53.9 Å². The molecule has 39 heavy (non-hydrogen) atoms. The van der Waals surface area contributed by atoms with E-state index in [-0.39, 0.29) is 30.2 Å². The van der Waals surface area contributed by atoms with Crippen molar-refractivity contribution in [2.24, 2.45) is 5.92 Å². The van der Waals surface area contributed by atoms with Crippen molar-refractivity contribution in [1.29, 1.82) is 0 Å². The van der Waals surface area contributed by atoms with E-state index in [0.29, 0.717) is 40.5 Å². The van der Waals surface area contributed by atoms with Gasteiger partial charge in [0.1, 0.15) is 17.3 Å². The molecule has 3 aromatic carbocycles. The Labute approximate surface area is 227 Å². The molecule has 2 N–H and O–H groups in total. The second kappa shape index (κ2) is 11.9. The summed E-state index contributed by atoms with van der Waals surface area (Å²) in [4.78, 5) is 39.9. The summed E-state index contributed by atoms with van der Waals surface area (Å²) in [6.07, 6.45) is 0. The van der Waals surface area contributed by atoms with Crippen LogP contribution >= 0.6 is 0 Å². The number of ketones is 1. The van der Waals surface area contributed by atoms with Gasteiger partial charge in [-0.3, -0.25) is 9.59 Å². The fourth-order valence-corrected chi connectivity index (χ4v) is 4.33. The Morgan fingerprint density at radius 3 is 2.13 bits per heavy atom. The van der Waals surface area contributed by atoms with Gasteiger partial charge >= 0.3 is 5.97 Å². The van der Waals surface area contributed by atoms with Crippen molar-refractivity contribution < 1.29 is 34.1 Å². The summed E-state index contributed by atoms with van der Waals surface area (Å²) in [6.45, 7) is 6.65. The molecule has 0 spiro atoms. The smallest absolute Gasteiger partial charge is 0.338 e. The van der Waals surface area contributed by atoms with Crippen LogP contribution < -0.4 is 4.74 Å². The van der Waals surface area contributed by atoms with Crippen LogP contribution in [0.2, 0.25) is 0 Å². The summed E-state index contributed by atoms with van der Waals surface area (Å²) in [5, 5.41) is 21.1. The van der Waals surface area contributed by atoms with Crippen LogP contribution in [0.4, 0.5) is 0 Å². The maximum atomic E-state index is 13.3. The molecule has 1 atom stereocenters. The van der Waals surface area contributed by atoms with E-state index in [1.807, 2.05) is 13.8 Å². The first-order chi connectivity index (χ1) is 18.7. The van der Waals surface area contributed by atoms with Gasteiger partial charge in [0.15, 0.2) is 0 Å². The van der Waals surface area contributed by atoms with Crippen LogP contribution in [0.15, 0.2) is 78.4 Å². The number of rotatable bonds is 9. The van der Waals surface area contributed by atoms with Crippen LogP contribution in [0.5, 0.6) is 11.5 Å². The van der Waals surface area contributed by atoms with Gasteiger partial charge < -0.3 is 24.6 Å². The van der Waals surface area contributed by atoms with Crippen molar-refractivity contribution >= 4 is 23.4 Å². The van der Waals surface area contributed by atoms with Crippen LogP contribution in [0.3, 0.4) is 0 Å². The second-order valence-corrected chi connectivity index (χ2v) is 9.67. The number of Topliss-reactive ketones (excluding diaryl/α,β-unsaturated/α-hetero) is 1. The SMILES string of the molecule is CCOC(=O)c1ccc(CN2C(=O)C(=O)/C(=C(/O)c3ccc(OCC(C)C)cc3)C2c2ccc(O)cc2)cc1. The molecular formula is C31H31NO7. The lowest BCUT2D eigenvalue weighted by Gasteiger charge is -2.25. The molecule has 0 radical (unpaired) electrons. The maximum Gasteiger partial charge on any atom is 0.338 e. The molecule has 1 aliphatic rings. The molecule has 8 nitrogen and oxygen atoms in total. The molecule has 0 aliphatic carbocycles.